The highest BCUT2D eigenvalue weighted by Crippen LogP contribution is 2.19. The van der Waals surface area contributed by atoms with Gasteiger partial charge in [-0.25, -0.2) is 10.4 Å². The maximum atomic E-state index is 5.39. The van der Waals surface area contributed by atoms with E-state index < -0.39 is 0 Å². The van der Waals surface area contributed by atoms with Crippen LogP contribution in [0.3, 0.4) is 0 Å². The van der Waals surface area contributed by atoms with Gasteiger partial charge in [0.2, 0.25) is 0 Å². The van der Waals surface area contributed by atoms with Crippen LogP contribution >= 0.6 is 0 Å². The third kappa shape index (κ3) is 4.09. The van der Waals surface area contributed by atoms with Crippen LogP contribution in [0, 0.1) is 0 Å². The van der Waals surface area contributed by atoms with Crippen LogP contribution in [-0.2, 0) is 4.74 Å². The molecular formula is C15H24N2O. The first-order valence-corrected chi connectivity index (χ1v) is 7.04. The van der Waals surface area contributed by atoms with E-state index in [1.807, 2.05) is 0 Å². The number of hydrazine groups is 1. The molecule has 1 aromatic carbocycles. The van der Waals surface area contributed by atoms with Gasteiger partial charge in [-0.2, -0.15) is 0 Å². The average Bonchev–Trinajstić information content (AvgIpc) is 2.45. The van der Waals surface area contributed by atoms with Gasteiger partial charge in [0, 0.05) is 19.1 Å². The van der Waals surface area contributed by atoms with Gasteiger partial charge in [0.15, 0.2) is 0 Å². The molecule has 100 valence electrons. The zero-order chi connectivity index (χ0) is 12.6. The highest BCUT2D eigenvalue weighted by atomic mass is 16.5. The van der Waals surface area contributed by atoms with Crippen LogP contribution in [0.2, 0.25) is 0 Å². The number of morpholine rings is 1. The second-order valence-corrected chi connectivity index (χ2v) is 4.83. The Bertz CT molecular complexity index is 323. The van der Waals surface area contributed by atoms with Crippen molar-refractivity contribution in [3.63, 3.8) is 0 Å². The first-order valence-electron chi connectivity index (χ1n) is 7.04. The van der Waals surface area contributed by atoms with E-state index in [1.54, 1.807) is 0 Å². The van der Waals surface area contributed by atoms with Crippen molar-refractivity contribution in [1.82, 2.24) is 10.4 Å². The second kappa shape index (κ2) is 7.52. The normalized spacial score (nSPS) is 18.7. The molecule has 3 nitrogen and oxygen atoms in total. The van der Waals surface area contributed by atoms with Crippen LogP contribution in [0.15, 0.2) is 30.3 Å². The van der Waals surface area contributed by atoms with Crippen LogP contribution in [-0.4, -0.2) is 31.3 Å². The predicted octanol–water partition coefficient (Wildman–Crippen LogP) is 2.75. The summed E-state index contributed by atoms with van der Waals surface area (Å²) in [6.07, 6.45) is 3.70. The Morgan fingerprint density at radius 2 is 1.94 bits per heavy atom. The molecule has 18 heavy (non-hydrogen) atoms. The number of ether oxygens (including phenoxy) is 1. The zero-order valence-corrected chi connectivity index (χ0v) is 11.3. The standard InChI is InChI=1S/C15H24N2O/c1-2-3-9-15(14-7-5-4-6-8-14)16-17-10-12-18-13-11-17/h4-8,15-16H,2-3,9-13H2,1H3. The Morgan fingerprint density at radius 3 is 2.61 bits per heavy atom. The first-order chi connectivity index (χ1) is 8.90. The van der Waals surface area contributed by atoms with Gasteiger partial charge < -0.3 is 4.74 Å². The maximum absolute atomic E-state index is 5.39. The summed E-state index contributed by atoms with van der Waals surface area (Å²) in [4.78, 5) is 0. The molecular weight excluding hydrogens is 224 g/mol. The molecule has 1 heterocycles. The fourth-order valence-corrected chi connectivity index (χ4v) is 2.31. The van der Waals surface area contributed by atoms with Crippen LogP contribution in [0.4, 0.5) is 0 Å². The lowest BCUT2D eigenvalue weighted by Gasteiger charge is -2.32. The minimum absolute atomic E-state index is 0.434. The molecule has 0 saturated carbocycles. The van der Waals surface area contributed by atoms with Gasteiger partial charge in [-0.1, -0.05) is 50.1 Å². The van der Waals surface area contributed by atoms with E-state index in [0.717, 1.165) is 26.3 Å². The van der Waals surface area contributed by atoms with Gasteiger partial charge in [0.05, 0.1) is 13.2 Å². The Kier molecular flexibility index (Phi) is 5.65. The summed E-state index contributed by atoms with van der Waals surface area (Å²) < 4.78 is 5.39. The molecule has 0 spiro atoms. The smallest absolute Gasteiger partial charge is 0.0608 e. The monoisotopic (exact) mass is 248 g/mol. The summed E-state index contributed by atoms with van der Waals surface area (Å²) in [5.41, 5.74) is 5.05. The Hall–Kier alpha value is -0.900. The number of hydrogen-bond donors (Lipinski definition) is 1. The Morgan fingerprint density at radius 1 is 1.22 bits per heavy atom. The van der Waals surface area contributed by atoms with Crippen molar-refractivity contribution in [3.05, 3.63) is 35.9 Å². The van der Waals surface area contributed by atoms with Crippen molar-refractivity contribution in [2.45, 2.75) is 32.2 Å². The van der Waals surface area contributed by atoms with E-state index >= 15 is 0 Å². The van der Waals surface area contributed by atoms with Gasteiger partial charge in [-0.3, -0.25) is 0 Å². The van der Waals surface area contributed by atoms with Gasteiger partial charge in [-0.05, 0) is 12.0 Å². The van der Waals surface area contributed by atoms with Gasteiger partial charge >= 0.3 is 0 Å². The molecule has 1 atom stereocenters. The van der Waals surface area contributed by atoms with E-state index in [9.17, 15) is 0 Å². The number of nitrogens with zero attached hydrogens (tertiary/aromatic N) is 1. The Balaban J connectivity index is 1.95. The van der Waals surface area contributed by atoms with Crippen molar-refractivity contribution >= 4 is 0 Å². The minimum Gasteiger partial charge on any atom is -0.379 e. The number of hydrogen-bond acceptors (Lipinski definition) is 3. The summed E-state index contributed by atoms with van der Waals surface area (Å²) in [5.74, 6) is 0. The van der Waals surface area contributed by atoms with E-state index in [4.69, 9.17) is 4.74 Å². The van der Waals surface area contributed by atoms with Crippen molar-refractivity contribution < 1.29 is 4.74 Å². The molecule has 1 aromatic rings. The summed E-state index contributed by atoms with van der Waals surface area (Å²) >= 11 is 0. The number of rotatable bonds is 6. The van der Waals surface area contributed by atoms with E-state index in [2.05, 4.69) is 47.7 Å². The molecule has 1 unspecified atom stereocenters. The lowest BCUT2D eigenvalue weighted by atomic mass is 10.0. The summed E-state index contributed by atoms with van der Waals surface area (Å²) in [5, 5.41) is 2.30. The Labute approximate surface area is 110 Å². The van der Waals surface area contributed by atoms with Crippen LogP contribution in [0.25, 0.3) is 0 Å². The molecule has 1 fully saturated rings. The highest BCUT2D eigenvalue weighted by Gasteiger charge is 2.16. The molecule has 0 aliphatic carbocycles. The molecule has 0 bridgehead atoms. The van der Waals surface area contributed by atoms with Crippen molar-refractivity contribution in [2.24, 2.45) is 0 Å². The zero-order valence-electron chi connectivity index (χ0n) is 11.3. The van der Waals surface area contributed by atoms with E-state index in [-0.39, 0.29) is 0 Å². The van der Waals surface area contributed by atoms with E-state index in [1.165, 1.54) is 24.8 Å². The van der Waals surface area contributed by atoms with Gasteiger partial charge in [0.1, 0.15) is 0 Å². The third-order valence-corrected chi connectivity index (χ3v) is 3.40. The van der Waals surface area contributed by atoms with Crippen LogP contribution in [0.5, 0.6) is 0 Å². The average molecular weight is 248 g/mol. The molecule has 0 aromatic heterocycles. The molecule has 1 N–H and O–H groups in total. The van der Waals surface area contributed by atoms with Gasteiger partial charge in [0.25, 0.3) is 0 Å². The molecule has 1 aliphatic heterocycles. The molecule has 0 amide bonds. The number of unbranched alkanes of at least 4 members (excludes halogenated alkanes) is 1. The quantitative estimate of drug-likeness (QED) is 0.838. The minimum atomic E-state index is 0.434. The van der Waals surface area contributed by atoms with Crippen LogP contribution < -0.4 is 5.43 Å². The molecule has 1 saturated heterocycles. The largest absolute Gasteiger partial charge is 0.379 e. The van der Waals surface area contributed by atoms with Gasteiger partial charge in [-0.15, -0.1) is 0 Å². The van der Waals surface area contributed by atoms with Crippen molar-refractivity contribution in [3.8, 4) is 0 Å². The van der Waals surface area contributed by atoms with Crippen molar-refractivity contribution in [1.29, 1.82) is 0 Å². The lowest BCUT2D eigenvalue weighted by molar-refractivity contribution is 0.00241. The second-order valence-electron chi connectivity index (χ2n) is 4.83. The first kappa shape index (κ1) is 13.5. The summed E-state index contributed by atoms with van der Waals surface area (Å²) in [6, 6.07) is 11.2. The fourth-order valence-electron chi connectivity index (χ4n) is 2.31. The van der Waals surface area contributed by atoms with E-state index in [0.29, 0.717) is 6.04 Å². The number of benzene rings is 1. The van der Waals surface area contributed by atoms with Crippen LogP contribution in [0.1, 0.15) is 37.8 Å². The third-order valence-electron chi connectivity index (χ3n) is 3.40. The lowest BCUT2D eigenvalue weighted by Crippen LogP contribution is -2.47. The molecule has 3 heteroatoms. The SMILES string of the molecule is CCCCC(NN1CCOCC1)c1ccccc1. The summed E-state index contributed by atoms with van der Waals surface area (Å²) in [7, 11) is 0. The van der Waals surface area contributed by atoms with Crippen molar-refractivity contribution in [2.75, 3.05) is 26.3 Å². The maximum Gasteiger partial charge on any atom is 0.0608 e. The number of nitrogens with one attached hydrogen (secondary N) is 1. The molecule has 0 radical (unpaired) electrons. The molecule has 2 rings (SSSR count). The predicted molar refractivity (Wildman–Crippen MR) is 74.2 cm³/mol. The summed E-state index contributed by atoms with van der Waals surface area (Å²) in [6.45, 7) is 5.88. The fraction of sp³-hybridized carbons (Fsp3) is 0.600. The highest BCUT2D eigenvalue weighted by molar-refractivity contribution is 5.18. The topological polar surface area (TPSA) is 24.5 Å². The molecule has 1 aliphatic rings.